The Morgan fingerprint density at radius 3 is 3.00 bits per heavy atom. The number of para-hydroxylation sites is 2. The first kappa shape index (κ1) is 15.6. The highest BCUT2D eigenvalue weighted by Crippen LogP contribution is 2.27. The predicted octanol–water partition coefficient (Wildman–Crippen LogP) is 2.48. The number of amides is 2. The van der Waals surface area contributed by atoms with E-state index in [1.54, 1.807) is 11.6 Å². The average Bonchev–Trinajstić information content (AvgIpc) is 3.10. The molecule has 2 heterocycles. The molecule has 0 spiro atoms. The number of benzene rings is 2. The van der Waals surface area contributed by atoms with E-state index in [1.165, 1.54) is 11.3 Å². The summed E-state index contributed by atoms with van der Waals surface area (Å²) in [6.07, 6.45) is 0. The van der Waals surface area contributed by atoms with Crippen molar-refractivity contribution < 1.29 is 9.59 Å². The molecule has 3 aromatic rings. The number of hydrogen-bond acceptors (Lipinski definition) is 5. The van der Waals surface area contributed by atoms with Crippen molar-refractivity contribution in [2.75, 3.05) is 29.9 Å². The summed E-state index contributed by atoms with van der Waals surface area (Å²) in [7, 11) is 0. The normalized spacial score (nSPS) is 14.4. The van der Waals surface area contributed by atoms with Gasteiger partial charge in [-0.25, -0.2) is 4.98 Å². The smallest absolute Gasteiger partial charge is 0.255 e. The van der Waals surface area contributed by atoms with Gasteiger partial charge in [-0.1, -0.05) is 12.1 Å². The zero-order valence-corrected chi connectivity index (χ0v) is 14.2. The van der Waals surface area contributed by atoms with Gasteiger partial charge in [-0.2, -0.15) is 0 Å². The van der Waals surface area contributed by atoms with Crippen LogP contribution in [0.2, 0.25) is 0 Å². The van der Waals surface area contributed by atoms with Gasteiger partial charge in [-0.3, -0.25) is 9.59 Å². The zero-order valence-electron chi connectivity index (χ0n) is 13.4. The maximum Gasteiger partial charge on any atom is 0.255 e. The van der Waals surface area contributed by atoms with Gasteiger partial charge in [-0.05, 0) is 30.3 Å². The van der Waals surface area contributed by atoms with E-state index in [9.17, 15) is 9.59 Å². The van der Waals surface area contributed by atoms with Crippen LogP contribution in [-0.2, 0) is 4.79 Å². The van der Waals surface area contributed by atoms with E-state index in [0.717, 1.165) is 15.9 Å². The van der Waals surface area contributed by atoms with Gasteiger partial charge in [-0.15, -0.1) is 11.3 Å². The highest BCUT2D eigenvalue weighted by atomic mass is 32.1. The van der Waals surface area contributed by atoms with Crippen LogP contribution in [0.1, 0.15) is 10.4 Å². The molecule has 1 aromatic heterocycles. The Bertz CT molecular complexity index is 953. The molecule has 0 saturated carbocycles. The Kier molecular flexibility index (Phi) is 4.07. The number of rotatable bonds is 3. The summed E-state index contributed by atoms with van der Waals surface area (Å²) in [5.74, 6) is -0.188. The number of thiazole rings is 1. The monoisotopic (exact) mass is 352 g/mol. The molecule has 0 atom stereocenters. The minimum Gasteiger partial charge on any atom is -0.359 e. The van der Waals surface area contributed by atoms with Crippen LogP contribution in [0.3, 0.4) is 0 Å². The topological polar surface area (TPSA) is 74.3 Å². The number of aromatic nitrogens is 1. The van der Waals surface area contributed by atoms with Crippen LogP contribution >= 0.6 is 11.3 Å². The summed E-state index contributed by atoms with van der Waals surface area (Å²) >= 11 is 1.51. The van der Waals surface area contributed by atoms with Crippen molar-refractivity contribution >= 4 is 44.7 Å². The van der Waals surface area contributed by atoms with Crippen molar-refractivity contribution in [2.24, 2.45) is 0 Å². The van der Waals surface area contributed by atoms with E-state index in [4.69, 9.17) is 0 Å². The first-order chi connectivity index (χ1) is 12.2. The molecule has 0 unspecified atom stereocenters. The van der Waals surface area contributed by atoms with Crippen LogP contribution in [0.25, 0.3) is 10.2 Å². The lowest BCUT2D eigenvalue weighted by atomic mass is 10.1. The molecule has 7 heteroatoms. The van der Waals surface area contributed by atoms with Crippen molar-refractivity contribution in [1.29, 1.82) is 0 Å². The largest absolute Gasteiger partial charge is 0.359 e. The maximum absolute atomic E-state index is 12.7. The van der Waals surface area contributed by atoms with Crippen LogP contribution in [0, 0.1) is 0 Å². The molecule has 1 fully saturated rings. The van der Waals surface area contributed by atoms with Crippen molar-refractivity contribution in [3.63, 3.8) is 0 Å². The molecule has 1 saturated heterocycles. The van der Waals surface area contributed by atoms with E-state index >= 15 is 0 Å². The number of piperazine rings is 1. The molecule has 0 radical (unpaired) electrons. The minimum atomic E-state index is -0.177. The van der Waals surface area contributed by atoms with Crippen LogP contribution < -0.4 is 15.5 Å². The second kappa shape index (κ2) is 6.52. The molecule has 1 aliphatic heterocycles. The Labute approximate surface area is 148 Å². The molecule has 0 aliphatic carbocycles. The average molecular weight is 352 g/mol. The number of carbonyl (C=O) groups excluding carboxylic acids is 2. The van der Waals surface area contributed by atoms with Crippen molar-refractivity contribution in [3.05, 3.63) is 53.5 Å². The van der Waals surface area contributed by atoms with Crippen LogP contribution in [0.15, 0.2) is 48.0 Å². The Balaban J connectivity index is 1.59. The fourth-order valence-electron chi connectivity index (χ4n) is 2.89. The number of hydrogen-bond donors (Lipinski definition) is 2. The minimum absolute atomic E-state index is 0.0111. The van der Waals surface area contributed by atoms with Gasteiger partial charge >= 0.3 is 0 Å². The van der Waals surface area contributed by atoms with E-state index < -0.39 is 0 Å². The van der Waals surface area contributed by atoms with E-state index in [2.05, 4.69) is 15.6 Å². The van der Waals surface area contributed by atoms with E-state index in [1.807, 2.05) is 41.3 Å². The zero-order chi connectivity index (χ0) is 17.2. The summed E-state index contributed by atoms with van der Waals surface area (Å²) in [5.41, 5.74) is 4.80. The van der Waals surface area contributed by atoms with E-state index in [0.29, 0.717) is 30.9 Å². The predicted molar refractivity (Wildman–Crippen MR) is 99.2 cm³/mol. The molecule has 126 valence electrons. The van der Waals surface area contributed by atoms with Gasteiger partial charge in [0, 0.05) is 18.7 Å². The van der Waals surface area contributed by atoms with Crippen LogP contribution in [0.4, 0.5) is 11.4 Å². The number of nitrogens with zero attached hydrogens (tertiary/aromatic N) is 2. The van der Waals surface area contributed by atoms with E-state index in [-0.39, 0.29) is 11.8 Å². The molecule has 2 N–H and O–H groups in total. The summed E-state index contributed by atoms with van der Waals surface area (Å²) in [6, 6.07) is 13.0. The molecule has 25 heavy (non-hydrogen) atoms. The number of fused-ring (bicyclic) bond motifs is 1. The lowest BCUT2D eigenvalue weighted by Gasteiger charge is -2.30. The molecule has 6 nitrogen and oxygen atoms in total. The van der Waals surface area contributed by atoms with Gasteiger partial charge in [0.05, 0.1) is 33.6 Å². The highest BCUT2D eigenvalue weighted by molar-refractivity contribution is 7.16. The van der Waals surface area contributed by atoms with Crippen molar-refractivity contribution in [3.8, 4) is 0 Å². The lowest BCUT2D eigenvalue weighted by molar-refractivity contribution is -0.120. The standard InChI is InChI=1S/C18H16N4O2S/c23-17-10-22(8-7-19-17)15-4-2-1-3-13(15)21-18(24)12-5-6-14-16(9-12)25-11-20-14/h1-6,9,11H,7-8,10H2,(H,19,23)(H,21,24). The van der Waals surface area contributed by atoms with Crippen LogP contribution in [0.5, 0.6) is 0 Å². The molecular formula is C18H16N4O2S. The SMILES string of the molecule is O=C1CN(c2ccccc2NC(=O)c2ccc3ncsc3c2)CCN1. The quantitative estimate of drug-likeness (QED) is 0.759. The third-order valence-electron chi connectivity index (χ3n) is 4.12. The van der Waals surface area contributed by atoms with Crippen molar-refractivity contribution in [2.45, 2.75) is 0 Å². The molecule has 1 aliphatic rings. The maximum atomic E-state index is 12.7. The summed E-state index contributed by atoms with van der Waals surface area (Å²) in [4.78, 5) is 30.5. The second-order valence-corrected chi connectivity index (χ2v) is 6.66. The fraction of sp³-hybridized carbons (Fsp3) is 0.167. The van der Waals surface area contributed by atoms with Gasteiger partial charge in [0.1, 0.15) is 0 Å². The lowest BCUT2D eigenvalue weighted by Crippen LogP contribution is -2.47. The fourth-order valence-corrected chi connectivity index (χ4v) is 3.61. The molecule has 2 amide bonds. The summed E-state index contributed by atoms with van der Waals surface area (Å²) in [6.45, 7) is 1.61. The van der Waals surface area contributed by atoms with Gasteiger partial charge < -0.3 is 15.5 Å². The molecular weight excluding hydrogens is 336 g/mol. The second-order valence-electron chi connectivity index (χ2n) is 5.78. The molecule has 2 aromatic carbocycles. The van der Waals surface area contributed by atoms with Gasteiger partial charge in [0.15, 0.2) is 0 Å². The van der Waals surface area contributed by atoms with Gasteiger partial charge in [0.2, 0.25) is 5.91 Å². The molecule has 4 rings (SSSR count). The highest BCUT2D eigenvalue weighted by Gasteiger charge is 2.19. The number of nitrogens with one attached hydrogen (secondary N) is 2. The molecule has 0 bridgehead atoms. The number of anilines is 2. The first-order valence-corrected chi connectivity index (χ1v) is 8.84. The number of carbonyl (C=O) groups is 2. The Morgan fingerprint density at radius 1 is 1.24 bits per heavy atom. The van der Waals surface area contributed by atoms with Crippen molar-refractivity contribution in [1.82, 2.24) is 10.3 Å². The first-order valence-electron chi connectivity index (χ1n) is 7.96. The Hall–Kier alpha value is -2.93. The summed E-state index contributed by atoms with van der Waals surface area (Å²) in [5, 5.41) is 5.78. The summed E-state index contributed by atoms with van der Waals surface area (Å²) < 4.78 is 0.980. The third kappa shape index (κ3) is 3.18. The van der Waals surface area contributed by atoms with Crippen LogP contribution in [-0.4, -0.2) is 36.4 Å². The third-order valence-corrected chi connectivity index (χ3v) is 4.92. The Morgan fingerprint density at radius 2 is 2.12 bits per heavy atom. The van der Waals surface area contributed by atoms with Gasteiger partial charge in [0.25, 0.3) is 5.91 Å².